The first-order chi connectivity index (χ1) is 17.2. The number of hydrogen-bond acceptors (Lipinski definition) is 3. The summed E-state index contributed by atoms with van der Waals surface area (Å²) in [5.74, 6) is -1.34. The maximum atomic E-state index is 13.4. The highest BCUT2D eigenvalue weighted by Crippen LogP contribution is 2.41. The van der Waals surface area contributed by atoms with Crippen molar-refractivity contribution in [3.63, 3.8) is 0 Å². The van der Waals surface area contributed by atoms with Gasteiger partial charge in [-0.3, -0.25) is 4.79 Å². The van der Waals surface area contributed by atoms with Crippen molar-refractivity contribution in [1.29, 1.82) is 0 Å². The van der Waals surface area contributed by atoms with Crippen LogP contribution in [0.1, 0.15) is 41.0 Å². The molecule has 0 unspecified atom stereocenters. The van der Waals surface area contributed by atoms with Crippen molar-refractivity contribution in [2.45, 2.75) is 25.9 Å². The first kappa shape index (κ1) is 23.4. The molecular formula is C29H25FN2O4. The van der Waals surface area contributed by atoms with Crippen molar-refractivity contribution in [3.8, 4) is 5.75 Å². The second-order valence-corrected chi connectivity index (χ2v) is 9.53. The van der Waals surface area contributed by atoms with E-state index in [-0.39, 0.29) is 17.7 Å². The summed E-state index contributed by atoms with van der Waals surface area (Å²) in [6.45, 7) is 4.58. The molecule has 0 radical (unpaired) electrons. The molecule has 2 heterocycles. The summed E-state index contributed by atoms with van der Waals surface area (Å²) < 4.78 is 19.4. The van der Waals surface area contributed by atoms with Gasteiger partial charge in [0, 0.05) is 34.6 Å². The minimum absolute atomic E-state index is 0.0195. The van der Waals surface area contributed by atoms with Gasteiger partial charge in [-0.05, 0) is 53.6 Å². The Morgan fingerprint density at radius 1 is 1.06 bits per heavy atom. The lowest BCUT2D eigenvalue weighted by molar-refractivity contribution is -0.130. The van der Waals surface area contributed by atoms with Crippen molar-refractivity contribution in [2.24, 2.45) is 0 Å². The quantitative estimate of drug-likeness (QED) is 0.378. The third-order valence-corrected chi connectivity index (χ3v) is 6.40. The number of nitrogens with one attached hydrogen (secondary N) is 1. The van der Waals surface area contributed by atoms with Crippen LogP contribution in [0.5, 0.6) is 5.75 Å². The normalized spacial score (nSPS) is 14.6. The number of rotatable bonds is 5. The van der Waals surface area contributed by atoms with Crippen molar-refractivity contribution in [1.82, 2.24) is 9.88 Å². The smallest absolute Gasteiger partial charge is 0.339 e. The predicted octanol–water partition coefficient (Wildman–Crippen LogP) is 5.75. The lowest BCUT2D eigenvalue weighted by Crippen LogP contribution is -2.36. The van der Waals surface area contributed by atoms with Crippen LogP contribution < -0.4 is 4.74 Å². The summed E-state index contributed by atoms with van der Waals surface area (Å²) in [5, 5.41) is 10.9. The Kier molecular flexibility index (Phi) is 5.84. The lowest BCUT2D eigenvalue weighted by Gasteiger charge is -2.29. The highest BCUT2D eigenvalue weighted by atomic mass is 19.1. The van der Waals surface area contributed by atoms with E-state index >= 15 is 0 Å². The lowest BCUT2D eigenvalue weighted by atomic mass is 9.81. The SMILES string of the molecule is CC1(C)CN(C(=O)c2ccc(F)cc2)C=C(C(=O)O)c2[nH]c3ccc(OCc4ccccc4)cc3c21. The first-order valence-corrected chi connectivity index (χ1v) is 11.6. The van der Waals surface area contributed by atoms with Gasteiger partial charge in [-0.2, -0.15) is 0 Å². The number of aliphatic carboxylic acids is 1. The van der Waals surface area contributed by atoms with Gasteiger partial charge < -0.3 is 19.7 Å². The van der Waals surface area contributed by atoms with E-state index in [1.807, 2.05) is 62.4 Å². The van der Waals surface area contributed by atoms with Gasteiger partial charge >= 0.3 is 5.97 Å². The molecule has 7 heteroatoms. The zero-order valence-electron chi connectivity index (χ0n) is 19.9. The molecule has 0 aliphatic carbocycles. The molecule has 5 rings (SSSR count). The third-order valence-electron chi connectivity index (χ3n) is 6.40. The number of benzene rings is 3. The minimum Gasteiger partial charge on any atom is -0.489 e. The molecule has 0 atom stereocenters. The van der Waals surface area contributed by atoms with E-state index in [1.165, 1.54) is 35.4 Å². The zero-order chi connectivity index (χ0) is 25.4. The van der Waals surface area contributed by atoms with Crippen molar-refractivity contribution < 1.29 is 23.8 Å². The fraction of sp³-hybridized carbons (Fsp3) is 0.172. The average molecular weight is 485 g/mol. The molecular weight excluding hydrogens is 459 g/mol. The van der Waals surface area contributed by atoms with Crippen molar-refractivity contribution >= 4 is 28.4 Å². The van der Waals surface area contributed by atoms with E-state index in [9.17, 15) is 19.1 Å². The van der Waals surface area contributed by atoms with E-state index in [2.05, 4.69) is 4.98 Å². The number of carbonyl (C=O) groups is 2. The van der Waals surface area contributed by atoms with Crippen LogP contribution >= 0.6 is 0 Å². The predicted molar refractivity (Wildman–Crippen MR) is 135 cm³/mol. The van der Waals surface area contributed by atoms with Crippen LogP contribution in [-0.4, -0.2) is 33.4 Å². The number of H-pyrrole nitrogens is 1. The van der Waals surface area contributed by atoms with Gasteiger partial charge in [-0.1, -0.05) is 44.2 Å². The Bertz CT molecular complexity index is 1490. The minimum atomic E-state index is -1.15. The molecule has 0 spiro atoms. The Balaban J connectivity index is 1.55. The molecule has 4 aromatic rings. The second-order valence-electron chi connectivity index (χ2n) is 9.53. The Labute approximate surface area is 207 Å². The summed E-state index contributed by atoms with van der Waals surface area (Å²) in [7, 11) is 0. The van der Waals surface area contributed by atoms with Gasteiger partial charge in [0.15, 0.2) is 0 Å². The summed E-state index contributed by atoms with van der Waals surface area (Å²) in [6, 6.07) is 20.7. The van der Waals surface area contributed by atoms with Gasteiger partial charge in [0.1, 0.15) is 18.2 Å². The van der Waals surface area contributed by atoms with Gasteiger partial charge in [0.25, 0.3) is 5.91 Å². The van der Waals surface area contributed by atoms with E-state index in [4.69, 9.17) is 4.74 Å². The highest BCUT2D eigenvalue weighted by molar-refractivity contribution is 6.17. The first-order valence-electron chi connectivity index (χ1n) is 11.6. The summed E-state index contributed by atoms with van der Waals surface area (Å²) >= 11 is 0. The van der Waals surface area contributed by atoms with Gasteiger partial charge in [-0.15, -0.1) is 0 Å². The molecule has 0 saturated carbocycles. The number of aromatic amines is 1. The van der Waals surface area contributed by atoms with Crippen molar-refractivity contribution in [3.05, 3.63) is 107 Å². The number of hydrogen-bond donors (Lipinski definition) is 2. The fourth-order valence-corrected chi connectivity index (χ4v) is 4.73. The van der Waals surface area contributed by atoms with E-state index < -0.39 is 23.1 Å². The number of ether oxygens (including phenoxy) is 1. The zero-order valence-corrected chi connectivity index (χ0v) is 19.9. The molecule has 0 bridgehead atoms. The maximum Gasteiger partial charge on any atom is 0.339 e. The van der Waals surface area contributed by atoms with Crippen LogP contribution in [0.2, 0.25) is 0 Å². The van der Waals surface area contributed by atoms with E-state index in [1.54, 1.807) is 0 Å². The van der Waals surface area contributed by atoms with Crippen LogP contribution in [0.4, 0.5) is 4.39 Å². The summed E-state index contributed by atoms with van der Waals surface area (Å²) in [5.41, 5.74) is 2.72. The van der Waals surface area contributed by atoms with Crippen molar-refractivity contribution in [2.75, 3.05) is 6.54 Å². The molecule has 1 amide bonds. The molecule has 1 aliphatic rings. The molecule has 1 aliphatic heterocycles. The molecule has 0 fully saturated rings. The highest BCUT2D eigenvalue weighted by Gasteiger charge is 2.37. The summed E-state index contributed by atoms with van der Waals surface area (Å²) in [6.07, 6.45) is 1.36. The largest absolute Gasteiger partial charge is 0.489 e. The fourth-order valence-electron chi connectivity index (χ4n) is 4.73. The molecule has 0 saturated heterocycles. The topological polar surface area (TPSA) is 82.6 Å². The van der Waals surface area contributed by atoms with Crippen LogP contribution in [0, 0.1) is 5.82 Å². The number of carboxylic acid groups (broad SMARTS) is 1. The monoisotopic (exact) mass is 484 g/mol. The maximum absolute atomic E-state index is 13.4. The number of aromatic nitrogens is 1. The Hall–Kier alpha value is -4.39. The number of fused-ring (bicyclic) bond motifs is 3. The molecule has 2 N–H and O–H groups in total. The Morgan fingerprint density at radius 3 is 2.47 bits per heavy atom. The number of amides is 1. The number of carboxylic acids is 1. The average Bonchev–Trinajstić information content (AvgIpc) is 3.19. The number of carbonyl (C=O) groups excluding carboxylic acids is 1. The van der Waals surface area contributed by atoms with Gasteiger partial charge in [-0.25, -0.2) is 9.18 Å². The molecule has 182 valence electrons. The number of halogens is 1. The molecule has 1 aromatic heterocycles. The van der Waals surface area contributed by atoms with E-state index in [0.717, 1.165) is 22.0 Å². The molecule has 6 nitrogen and oxygen atoms in total. The van der Waals surface area contributed by atoms with E-state index in [0.29, 0.717) is 18.1 Å². The standard InChI is InChI=1S/C29H25FN2O4/c1-29(2)17-32(27(33)19-8-10-20(30)11-9-19)15-23(28(34)35)26-25(29)22-14-21(12-13-24(22)31-26)36-16-18-6-4-3-5-7-18/h3-15,31H,16-17H2,1-2H3,(H,34,35). The molecule has 36 heavy (non-hydrogen) atoms. The third kappa shape index (κ3) is 4.35. The Morgan fingerprint density at radius 2 is 1.78 bits per heavy atom. The van der Waals surface area contributed by atoms with Crippen LogP contribution in [0.25, 0.3) is 16.5 Å². The van der Waals surface area contributed by atoms with Gasteiger partial charge in [0.2, 0.25) is 0 Å². The van der Waals surface area contributed by atoms with Gasteiger partial charge in [0.05, 0.1) is 11.3 Å². The second kappa shape index (κ2) is 9.00. The molecule has 3 aromatic carbocycles. The van der Waals surface area contributed by atoms with Crippen LogP contribution in [0.15, 0.2) is 79.0 Å². The summed E-state index contributed by atoms with van der Waals surface area (Å²) in [4.78, 5) is 30.3. The van der Waals surface area contributed by atoms with Crippen LogP contribution in [0.3, 0.4) is 0 Å². The number of nitrogens with zero attached hydrogens (tertiary/aromatic N) is 1. The van der Waals surface area contributed by atoms with Crippen LogP contribution in [-0.2, 0) is 16.8 Å².